The number of ether oxygens (including phenoxy) is 4. The van der Waals surface area contributed by atoms with Gasteiger partial charge in [-0.15, -0.1) is 0 Å². The highest BCUT2D eigenvalue weighted by Crippen LogP contribution is 2.76. The number of halogens is 2. The van der Waals surface area contributed by atoms with Gasteiger partial charge in [-0.2, -0.15) is 10.2 Å². The number of hydrogen-bond donors (Lipinski definition) is 1. The summed E-state index contributed by atoms with van der Waals surface area (Å²) < 4.78 is 77.2. The summed E-state index contributed by atoms with van der Waals surface area (Å²) in [5.74, 6) is 1.15. The van der Waals surface area contributed by atoms with E-state index in [0.717, 1.165) is 4.57 Å². The third kappa shape index (κ3) is 6.88. The predicted octanol–water partition coefficient (Wildman–Crippen LogP) is 7.37. The third-order valence-corrected chi connectivity index (χ3v) is 13.3. The van der Waals surface area contributed by atoms with E-state index in [2.05, 4.69) is 11.1 Å². The summed E-state index contributed by atoms with van der Waals surface area (Å²) in [5.41, 5.74) is -0.580. The lowest BCUT2D eigenvalue weighted by Gasteiger charge is -2.43. The molecule has 12 nitrogen and oxygen atoms in total. The van der Waals surface area contributed by atoms with Crippen molar-refractivity contribution in [3.8, 4) is 17.6 Å². The Morgan fingerprint density at radius 3 is 2.07 bits per heavy atom. The first-order chi connectivity index (χ1) is 27.3. The maximum atomic E-state index is 18.1. The van der Waals surface area contributed by atoms with E-state index in [1.54, 1.807) is 38.5 Å². The largest absolute Gasteiger partial charge is 0.497 e. The minimum atomic E-state index is -2.15. The van der Waals surface area contributed by atoms with Crippen LogP contribution in [-0.2, 0) is 24.1 Å². The molecule has 57 heavy (non-hydrogen) atoms. The van der Waals surface area contributed by atoms with Crippen molar-refractivity contribution in [2.24, 2.45) is 0 Å². The number of alkyl halides is 2. The van der Waals surface area contributed by atoms with Crippen LogP contribution >= 0.6 is 8.53 Å². The summed E-state index contributed by atoms with van der Waals surface area (Å²) in [6.45, 7) is 7.80. The van der Waals surface area contributed by atoms with Crippen molar-refractivity contribution < 1.29 is 36.8 Å². The number of nitriles is 1. The second-order valence-corrected chi connectivity index (χ2v) is 16.6. The lowest BCUT2D eigenvalue weighted by molar-refractivity contribution is -0.166. The molecule has 302 valence electrons. The number of nitrogen functional groups attached to an aromatic ring is 1. The van der Waals surface area contributed by atoms with Crippen LogP contribution in [0.1, 0.15) is 69.9 Å². The molecule has 0 spiro atoms. The van der Waals surface area contributed by atoms with Crippen molar-refractivity contribution in [2.75, 3.05) is 26.6 Å². The molecule has 4 aromatic rings. The molecular formula is C42H48F2N5O7P. The van der Waals surface area contributed by atoms with Gasteiger partial charge in [-0.3, -0.25) is 4.57 Å². The molecular weight excluding hydrogens is 755 g/mol. The SMILES string of the molecule is COc1ccc(C(O[C@]23C[C@@]2(F)C[C@]2(OP(OCCC#N)N(C(C)C)C(C)C)[C@@H](F)[C@H](n4ccc(N)nc4=O)O[C@@H]23)(c2ccccc2)c2ccc(OC)cc2)cc1. The van der Waals surface area contributed by atoms with Gasteiger partial charge in [0.15, 0.2) is 12.4 Å². The molecule has 7 atom stereocenters. The summed E-state index contributed by atoms with van der Waals surface area (Å²) in [5, 5.41) is 9.39. The van der Waals surface area contributed by atoms with Crippen LogP contribution in [0.3, 0.4) is 0 Å². The molecule has 1 aromatic heterocycles. The van der Waals surface area contributed by atoms with Crippen LogP contribution in [-0.4, -0.2) is 76.3 Å². The number of fused-ring (bicyclic) bond motifs is 3. The fourth-order valence-corrected chi connectivity index (χ4v) is 10.4. The van der Waals surface area contributed by atoms with Gasteiger partial charge in [0, 0.05) is 31.1 Å². The van der Waals surface area contributed by atoms with Gasteiger partial charge in [-0.25, -0.2) is 18.2 Å². The average molecular weight is 804 g/mol. The first-order valence-electron chi connectivity index (χ1n) is 18.9. The van der Waals surface area contributed by atoms with E-state index < -0.39 is 61.6 Å². The molecule has 2 heterocycles. The van der Waals surface area contributed by atoms with Gasteiger partial charge < -0.3 is 33.7 Å². The van der Waals surface area contributed by atoms with Crippen LogP contribution in [0.5, 0.6) is 11.5 Å². The van der Waals surface area contributed by atoms with E-state index in [1.165, 1.54) is 12.3 Å². The zero-order valence-corrected chi connectivity index (χ0v) is 33.7. The van der Waals surface area contributed by atoms with Gasteiger partial charge in [-0.1, -0.05) is 54.6 Å². The number of rotatable bonds is 16. The molecule has 1 aliphatic heterocycles. The highest BCUT2D eigenvalue weighted by Gasteiger charge is 2.91. The number of aromatic nitrogens is 2. The van der Waals surface area contributed by atoms with Crippen molar-refractivity contribution in [3.05, 3.63) is 118 Å². The fourth-order valence-electron chi connectivity index (χ4n) is 8.59. The quantitative estimate of drug-likeness (QED) is 0.0689. The lowest BCUT2D eigenvalue weighted by Crippen LogP contribution is -2.53. The number of anilines is 1. The van der Waals surface area contributed by atoms with E-state index in [0.29, 0.717) is 28.2 Å². The lowest BCUT2D eigenvalue weighted by atomic mass is 9.79. The van der Waals surface area contributed by atoms with Crippen molar-refractivity contribution in [2.45, 2.75) is 100 Å². The molecule has 0 amide bonds. The zero-order chi connectivity index (χ0) is 40.8. The molecule has 1 unspecified atom stereocenters. The van der Waals surface area contributed by atoms with E-state index in [-0.39, 0.29) is 37.4 Å². The number of nitrogens with zero attached hydrogens (tertiary/aromatic N) is 4. The molecule has 1 saturated heterocycles. The van der Waals surface area contributed by atoms with Gasteiger partial charge >= 0.3 is 5.69 Å². The second-order valence-electron chi connectivity index (χ2n) is 15.3. The summed E-state index contributed by atoms with van der Waals surface area (Å²) >= 11 is 0. The van der Waals surface area contributed by atoms with Crippen LogP contribution in [0.4, 0.5) is 14.6 Å². The van der Waals surface area contributed by atoms with Crippen molar-refractivity contribution in [1.29, 1.82) is 5.26 Å². The Balaban J connectivity index is 1.43. The van der Waals surface area contributed by atoms with Crippen molar-refractivity contribution >= 4 is 14.3 Å². The molecule has 15 heteroatoms. The molecule has 0 radical (unpaired) electrons. The second kappa shape index (κ2) is 15.7. The van der Waals surface area contributed by atoms with Crippen LogP contribution in [0.25, 0.3) is 0 Å². The van der Waals surface area contributed by atoms with Crippen LogP contribution < -0.4 is 20.9 Å². The molecule has 0 bridgehead atoms. The highest BCUT2D eigenvalue weighted by atomic mass is 31.2. The average Bonchev–Trinajstić information content (AvgIpc) is 3.58. The molecule has 2 N–H and O–H groups in total. The Morgan fingerprint density at radius 2 is 1.54 bits per heavy atom. The summed E-state index contributed by atoms with van der Waals surface area (Å²) in [6, 6.07) is 27.2. The molecule has 3 fully saturated rings. The van der Waals surface area contributed by atoms with Gasteiger partial charge in [0.2, 0.25) is 0 Å². The Kier molecular flexibility index (Phi) is 11.2. The summed E-state index contributed by atoms with van der Waals surface area (Å²) in [7, 11) is 1.01. The fraction of sp³-hybridized carbons (Fsp3) is 0.452. The molecule has 2 saturated carbocycles. The van der Waals surface area contributed by atoms with Gasteiger partial charge in [-0.05, 0) is 74.7 Å². The Morgan fingerprint density at radius 1 is 0.965 bits per heavy atom. The summed E-state index contributed by atoms with van der Waals surface area (Å²) in [4.78, 5) is 17.1. The smallest absolute Gasteiger partial charge is 0.351 e. The van der Waals surface area contributed by atoms with Gasteiger partial charge in [0.1, 0.15) is 45.9 Å². The van der Waals surface area contributed by atoms with Gasteiger partial charge in [0.25, 0.3) is 8.53 Å². The number of benzene rings is 3. The van der Waals surface area contributed by atoms with E-state index >= 15 is 8.78 Å². The zero-order valence-electron chi connectivity index (χ0n) is 32.8. The number of nitrogens with two attached hydrogens (primary N) is 1. The van der Waals surface area contributed by atoms with Gasteiger partial charge in [0.05, 0.1) is 33.3 Å². The molecule has 3 aliphatic rings. The van der Waals surface area contributed by atoms with Crippen LogP contribution in [0.2, 0.25) is 0 Å². The molecule has 7 rings (SSSR count). The standard InChI is InChI=1S/C42H48F2N5O7P/c1-27(2)49(28(3)4)57(53-24-10-22-45)56-40-25-39(44)26-41(39,37(40)54-36(35(40)43)48-23-21-34(46)47-38(48)50)55-42(29-11-8-7-9-12-29,30-13-17-32(51-5)18-14-30)31-15-19-33(52-6)20-16-31/h7-9,11-21,23,27-28,35-37H,10,24-26H2,1-6H3,(H2,46,47,50)/t35-,36+,37-,39-,40-,41-,57?/m0/s1. The summed E-state index contributed by atoms with van der Waals surface area (Å²) in [6.07, 6.45) is -4.37. The topological polar surface area (TPSA) is 143 Å². The van der Waals surface area contributed by atoms with Crippen LogP contribution in [0.15, 0.2) is 95.9 Å². The Bertz CT molecular complexity index is 2080. The first kappa shape index (κ1) is 40.7. The number of hydrogen-bond acceptors (Lipinski definition) is 11. The van der Waals surface area contributed by atoms with E-state index in [9.17, 15) is 10.1 Å². The molecule has 2 aliphatic carbocycles. The van der Waals surface area contributed by atoms with Crippen molar-refractivity contribution in [1.82, 2.24) is 14.2 Å². The van der Waals surface area contributed by atoms with E-state index in [1.807, 2.05) is 87.0 Å². The number of methoxy groups -OCH3 is 2. The highest BCUT2D eigenvalue weighted by molar-refractivity contribution is 7.44. The Hall–Kier alpha value is -4.48. The first-order valence-corrected chi connectivity index (χ1v) is 20.1. The molecule has 3 aromatic carbocycles. The van der Waals surface area contributed by atoms with E-state index in [4.69, 9.17) is 33.7 Å². The van der Waals surface area contributed by atoms with Crippen LogP contribution in [0, 0.1) is 11.3 Å². The Labute approximate surface area is 332 Å². The normalized spacial score (nSPS) is 26.9. The van der Waals surface area contributed by atoms with Crippen molar-refractivity contribution in [3.63, 3.8) is 0 Å². The minimum absolute atomic E-state index is 0.00403. The minimum Gasteiger partial charge on any atom is -0.497 e. The predicted molar refractivity (Wildman–Crippen MR) is 210 cm³/mol. The monoisotopic (exact) mass is 803 g/mol. The maximum absolute atomic E-state index is 18.1. The maximum Gasteiger partial charge on any atom is 0.351 e. The third-order valence-electron chi connectivity index (χ3n) is 11.1.